The van der Waals surface area contributed by atoms with Crippen molar-refractivity contribution in [2.24, 2.45) is 5.92 Å². The lowest BCUT2D eigenvalue weighted by Gasteiger charge is -2.14. The predicted molar refractivity (Wildman–Crippen MR) is 80.4 cm³/mol. The first-order valence-electron chi connectivity index (χ1n) is 7.75. The fourth-order valence-corrected chi connectivity index (χ4v) is 3.96. The zero-order valence-corrected chi connectivity index (χ0v) is 14.0. The SMILES string of the molecule is CC(C(=O)NS(=O)(=O)CCC1CCCC1)n1ccc(C(F)(F)F)n1. The molecule has 136 valence electrons. The molecule has 24 heavy (non-hydrogen) atoms. The molecule has 1 aliphatic rings. The molecule has 1 amide bonds. The Morgan fingerprint density at radius 2 is 2.04 bits per heavy atom. The number of hydrogen-bond acceptors (Lipinski definition) is 4. The first-order valence-corrected chi connectivity index (χ1v) is 9.40. The van der Waals surface area contributed by atoms with Crippen molar-refractivity contribution in [1.82, 2.24) is 14.5 Å². The van der Waals surface area contributed by atoms with E-state index >= 15 is 0 Å². The van der Waals surface area contributed by atoms with Gasteiger partial charge in [0.15, 0.2) is 5.69 Å². The number of aromatic nitrogens is 2. The highest BCUT2D eigenvalue weighted by molar-refractivity contribution is 7.90. The van der Waals surface area contributed by atoms with Gasteiger partial charge >= 0.3 is 6.18 Å². The van der Waals surface area contributed by atoms with Gasteiger partial charge in [-0.05, 0) is 25.3 Å². The summed E-state index contributed by atoms with van der Waals surface area (Å²) in [4.78, 5) is 12.0. The van der Waals surface area contributed by atoms with E-state index in [0.29, 0.717) is 12.3 Å². The van der Waals surface area contributed by atoms with Crippen molar-refractivity contribution in [1.29, 1.82) is 0 Å². The van der Waals surface area contributed by atoms with Crippen molar-refractivity contribution >= 4 is 15.9 Å². The molecule has 1 aromatic heterocycles. The van der Waals surface area contributed by atoms with Crippen molar-refractivity contribution in [3.8, 4) is 0 Å². The zero-order chi connectivity index (χ0) is 18.0. The van der Waals surface area contributed by atoms with Gasteiger partial charge in [-0.25, -0.2) is 8.42 Å². The quantitative estimate of drug-likeness (QED) is 0.838. The highest BCUT2D eigenvalue weighted by Gasteiger charge is 2.34. The van der Waals surface area contributed by atoms with E-state index in [4.69, 9.17) is 0 Å². The van der Waals surface area contributed by atoms with Crippen LogP contribution in [0.25, 0.3) is 0 Å². The van der Waals surface area contributed by atoms with Crippen LogP contribution in [-0.4, -0.2) is 29.9 Å². The Morgan fingerprint density at radius 3 is 2.58 bits per heavy atom. The number of halogens is 3. The third-order valence-electron chi connectivity index (χ3n) is 4.20. The standard InChI is InChI=1S/C14H20F3N3O3S/c1-10(20-8-6-12(18-20)14(15,16)17)13(21)19-24(22,23)9-7-11-4-2-3-5-11/h6,8,10-11H,2-5,7,9H2,1H3,(H,19,21). The molecule has 2 rings (SSSR count). The third kappa shape index (κ3) is 4.96. The average Bonchev–Trinajstić information content (AvgIpc) is 3.14. The number of hydrogen-bond donors (Lipinski definition) is 1. The first-order chi connectivity index (χ1) is 11.1. The van der Waals surface area contributed by atoms with E-state index in [1.165, 1.54) is 6.92 Å². The third-order valence-corrected chi connectivity index (χ3v) is 5.49. The summed E-state index contributed by atoms with van der Waals surface area (Å²) in [5, 5.41) is 3.28. The molecule has 1 aliphatic carbocycles. The van der Waals surface area contributed by atoms with Crippen LogP contribution in [0.5, 0.6) is 0 Å². The molecule has 0 radical (unpaired) electrons. The maximum Gasteiger partial charge on any atom is 0.435 e. The smallest absolute Gasteiger partial charge is 0.272 e. The monoisotopic (exact) mass is 367 g/mol. The van der Waals surface area contributed by atoms with Crippen LogP contribution in [-0.2, 0) is 21.0 Å². The van der Waals surface area contributed by atoms with E-state index in [9.17, 15) is 26.4 Å². The highest BCUT2D eigenvalue weighted by Crippen LogP contribution is 2.28. The maximum atomic E-state index is 12.5. The van der Waals surface area contributed by atoms with E-state index in [1.807, 2.05) is 4.72 Å². The van der Waals surface area contributed by atoms with E-state index in [-0.39, 0.29) is 5.75 Å². The molecule has 1 unspecified atom stereocenters. The van der Waals surface area contributed by atoms with Crippen LogP contribution in [0.1, 0.15) is 50.8 Å². The van der Waals surface area contributed by atoms with Crippen LogP contribution in [0.3, 0.4) is 0 Å². The molecule has 0 aliphatic heterocycles. The Balaban J connectivity index is 1.93. The number of nitrogens with one attached hydrogen (secondary N) is 1. The van der Waals surface area contributed by atoms with Gasteiger partial charge in [-0.3, -0.25) is 14.2 Å². The number of carbonyl (C=O) groups excluding carboxylic acids is 1. The van der Waals surface area contributed by atoms with Crippen LogP contribution in [0.4, 0.5) is 13.2 Å². The van der Waals surface area contributed by atoms with Crippen molar-refractivity contribution in [2.75, 3.05) is 5.75 Å². The van der Waals surface area contributed by atoms with Crippen LogP contribution < -0.4 is 4.72 Å². The van der Waals surface area contributed by atoms with Gasteiger partial charge in [0.25, 0.3) is 5.91 Å². The summed E-state index contributed by atoms with van der Waals surface area (Å²) in [6.45, 7) is 1.29. The van der Waals surface area contributed by atoms with Gasteiger partial charge in [-0.15, -0.1) is 0 Å². The molecular weight excluding hydrogens is 347 g/mol. The number of amides is 1. The normalized spacial score (nSPS) is 17.8. The van der Waals surface area contributed by atoms with Crippen molar-refractivity contribution < 1.29 is 26.4 Å². The van der Waals surface area contributed by atoms with Gasteiger partial charge in [-0.1, -0.05) is 25.7 Å². The molecule has 0 bridgehead atoms. The summed E-state index contributed by atoms with van der Waals surface area (Å²) in [5.74, 6) is -0.712. The van der Waals surface area contributed by atoms with E-state index < -0.39 is 33.8 Å². The minimum Gasteiger partial charge on any atom is -0.272 e. The molecule has 1 fully saturated rings. The summed E-state index contributed by atoms with van der Waals surface area (Å²) >= 11 is 0. The van der Waals surface area contributed by atoms with Crippen molar-refractivity contribution in [3.63, 3.8) is 0 Å². The second-order valence-electron chi connectivity index (χ2n) is 6.08. The predicted octanol–water partition coefficient (Wildman–Crippen LogP) is 2.49. The van der Waals surface area contributed by atoms with Crippen LogP contribution in [0, 0.1) is 5.92 Å². The van der Waals surface area contributed by atoms with Gasteiger partial charge in [-0.2, -0.15) is 18.3 Å². The Kier molecular flexibility index (Phi) is 5.56. The molecule has 1 atom stereocenters. The number of carbonyl (C=O) groups is 1. The van der Waals surface area contributed by atoms with Crippen molar-refractivity contribution in [2.45, 2.75) is 51.2 Å². The maximum absolute atomic E-state index is 12.5. The van der Waals surface area contributed by atoms with E-state index in [0.717, 1.165) is 42.6 Å². The first kappa shape index (κ1) is 18.8. The Hall–Kier alpha value is -1.58. The van der Waals surface area contributed by atoms with Gasteiger partial charge in [0, 0.05) is 6.20 Å². The fourth-order valence-electron chi connectivity index (χ4n) is 2.74. The molecule has 10 heteroatoms. The minimum absolute atomic E-state index is 0.164. The lowest BCUT2D eigenvalue weighted by Crippen LogP contribution is -2.37. The summed E-state index contributed by atoms with van der Waals surface area (Å²) in [6, 6.07) is -0.430. The largest absolute Gasteiger partial charge is 0.435 e. The molecule has 1 heterocycles. The molecule has 1 saturated carbocycles. The fraction of sp³-hybridized carbons (Fsp3) is 0.714. The lowest BCUT2D eigenvalue weighted by molar-refractivity contribution is -0.142. The van der Waals surface area contributed by atoms with Crippen LogP contribution in [0.15, 0.2) is 12.3 Å². The number of rotatable bonds is 6. The zero-order valence-electron chi connectivity index (χ0n) is 13.2. The van der Waals surface area contributed by atoms with E-state index in [2.05, 4.69) is 5.10 Å². The molecule has 0 spiro atoms. The van der Waals surface area contributed by atoms with E-state index in [1.54, 1.807) is 0 Å². The Morgan fingerprint density at radius 1 is 1.42 bits per heavy atom. The number of nitrogens with zero attached hydrogens (tertiary/aromatic N) is 2. The van der Waals surface area contributed by atoms with Crippen molar-refractivity contribution in [3.05, 3.63) is 18.0 Å². The lowest BCUT2D eigenvalue weighted by atomic mass is 10.1. The molecule has 1 N–H and O–H groups in total. The summed E-state index contributed by atoms with van der Waals surface area (Å²) in [5.41, 5.74) is -1.13. The second-order valence-corrected chi connectivity index (χ2v) is 7.92. The van der Waals surface area contributed by atoms with Crippen LogP contribution in [0.2, 0.25) is 0 Å². The molecule has 0 aromatic carbocycles. The number of alkyl halides is 3. The van der Waals surface area contributed by atoms with Gasteiger partial charge in [0.1, 0.15) is 6.04 Å². The van der Waals surface area contributed by atoms with Gasteiger partial charge in [0.05, 0.1) is 5.75 Å². The topological polar surface area (TPSA) is 81.1 Å². The summed E-state index contributed by atoms with van der Waals surface area (Å²) in [6.07, 6.45) is 1.04. The molecule has 1 aromatic rings. The molecular formula is C14H20F3N3O3S. The highest BCUT2D eigenvalue weighted by atomic mass is 32.2. The number of sulfonamides is 1. The summed E-state index contributed by atoms with van der Waals surface area (Å²) < 4.78 is 64.2. The Bertz CT molecular complexity index is 679. The van der Waals surface area contributed by atoms with Gasteiger partial charge in [0.2, 0.25) is 10.0 Å². The van der Waals surface area contributed by atoms with Crippen LogP contribution >= 0.6 is 0 Å². The summed E-state index contributed by atoms with van der Waals surface area (Å²) in [7, 11) is -3.81. The molecule has 0 saturated heterocycles. The molecule has 6 nitrogen and oxygen atoms in total. The van der Waals surface area contributed by atoms with Gasteiger partial charge < -0.3 is 0 Å². The second kappa shape index (κ2) is 7.12. The minimum atomic E-state index is -4.62. The Labute approximate surface area is 138 Å². The average molecular weight is 367 g/mol.